The number of nitrogens with one attached hydrogen (secondary N) is 1. The summed E-state index contributed by atoms with van der Waals surface area (Å²) in [5, 5.41) is 4.02. The predicted octanol–water partition coefficient (Wildman–Crippen LogP) is 2.62. The summed E-state index contributed by atoms with van der Waals surface area (Å²) in [6, 6.07) is 11.4. The molecule has 2 rings (SSSR count). The van der Waals surface area contributed by atoms with Gasteiger partial charge in [0.05, 0.1) is 11.4 Å². The molecule has 2 aromatic rings. The van der Waals surface area contributed by atoms with E-state index in [2.05, 4.69) is 15.5 Å². The number of pyridine rings is 1. The monoisotopic (exact) mass is 297 g/mol. The minimum absolute atomic E-state index is 0.0801. The smallest absolute Gasteiger partial charge is 0.277 e. The average Bonchev–Trinajstić information content (AvgIpc) is 2.54. The Balaban J connectivity index is 1.89. The number of carbonyl (C=O) groups is 1. The topological polar surface area (TPSA) is 63.6 Å². The molecule has 0 bridgehead atoms. The predicted molar refractivity (Wildman–Crippen MR) is 86.0 cm³/mol. The molecule has 5 heteroatoms. The van der Waals surface area contributed by atoms with E-state index < -0.39 is 0 Å². The normalized spacial score (nSPS) is 11.1. The van der Waals surface area contributed by atoms with Crippen LogP contribution in [0.3, 0.4) is 0 Å². The number of carbonyl (C=O) groups excluding carboxylic acids is 1. The fraction of sp³-hybridized carbons (Fsp3) is 0.235. The minimum atomic E-state index is -0.309. The molecular formula is C17H19N3O2. The van der Waals surface area contributed by atoms with Crippen LogP contribution in [0.4, 0.5) is 0 Å². The van der Waals surface area contributed by atoms with Crippen LogP contribution in [0.1, 0.15) is 23.7 Å². The van der Waals surface area contributed by atoms with E-state index in [9.17, 15) is 4.79 Å². The molecule has 0 saturated heterocycles. The summed E-state index contributed by atoms with van der Waals surface area (Å²) < 4.78 is 5.52. The molecule has 0 spiro atoms. The van der Waals surface area contributed by atoms with Crippen molar-refractivity contribution in [3.63, 3.8) is 0 Å². The molecule has 1 heterocycles. The van der Waals surface area contributed by atoms with Crippen LogP contribution >= 0.6 is 0 Å². The van der Waals surface area contributed by atoms with Crippen molar-refractivity contribution in [2.24, 2.45) is 5.10 Å². The molecule has 1 amide bonds. The maximum Gasteiger partial charge on any atom is 0.277 e. The highest BCUT2D eigenvalue weighted by Gasteiger charge is 2.05. The number of rotatable bonds is 5. The number of nitrogens with zero attached hydrogens (tertiary/aromatic N) is 2. The summed E-state index contributed by atoms with van der Waals surface area (Å²) in [6.07, 6.45) is 1.68. The SMILES string of the molecule is CC(=NNC(=O)COc1cc(C)ccc1C)c1ccccn1. The van der Waals surface area contributed by atoms with Crippen LogP contribution < -0.4 is 10.2 Å². The molecule has 5 nitrogen and oxygen atoms in total. The van der Waals surface area contributed by atoms with Gasteiger partial charge in [-0.25, -0.2) is 5.43 Å². The summed E-state index contributed by atoms with van der Waals surface area (Å²) in [5.41, 5.74) is 5.91. The van der Waals surface area contributed by atoms with E-state index >= 15 is 0 Å². The highest BCUT2D eigenvalue weighted by atomic mass is 16.5. The minimum Gasteiger partial charge on any atom is -0.483 e. The van der Waals surface area contributed by atoms with Crippen molar-refractivity contribution in [1.29, 1.82) is 0 Å². The van der Waals surface area contributed by atoms with Crippen molar-refractivity contribution in [2.75, 3.05) is 6.61 Å². The number of aryl methyl sites for hydroxylation is 2. The number of ether oxygens (including phenoxy) is 1. The Labute approximate surface area is 130 Å². The van der Waals surface area contributed by atoms with E-state index in [-0.39, 0.29) is 12.5 Å². The first kappa shape index (κ1) is 15.7. The molecule has 1 N–H and O–H groups in total. The maximum absolute atomic E-state index is 11.8. The molecule has 0 fully saturated rings. The summed E-state index contributed by atoms with van der Waals surface area (Å²) in [5.74, 6) is 0.400. The largest absolute Gasteiger partial charge is 0.483 e. The van der Waals surface area contributed by atoms with Gasteiger partial charge in [-0.05, 0) is 50.1 Å². The van der Waals surface area contributed by atoms with Crippen LogP contribution in [0.2, 0.25) is 0 Å². The first-order chi connectivity index (χ1) is 10.6. The van der Waals surface area contributed by atoms with E-state index in [1.165, 1.54) is 0 Å². The van der Waals surface area contributed by atoms with Gasteiger partial charge in [0.15, 0.2) is 6.61 Å². The lowest BCUT2D eigenvalue weighted by Crippen LogP contribution is -2.25. The van der Waals surface area contributed by atoms with Crippen molar-refractivity contribution in [3.05, 3.63) is 59.4 Å². The van der Waals surface area contributed by atoms with Crippen LogP contribution in [0.25, 0.3) is 0 Å². The quantitative estimate of drug-likeness (QED) is 0.681. The summed E-state index contributed by atoms with van der Waals surface area (Å²) in [7, 11) is 0. The first-order valence-electron chi connectivity index (χ1n) is 7.01. The Morgan fingerprint density at radius 2 is 2.09 bits per heavy atom. The second kappa shape index (κ2) is 7.36. The zero-order valence-electron chi connectivity index (χ0n) is 13.0. The van der Waals surface area contributed by atoms with Gasteiger partial charge >= 0.3 is 0 Å². The number of benzene rings is 1. The summed E-state index contributed by atoms with van der Waals surface area (Å²) in [6.45, 7) is 5.63. The highest BCUT2D eigenvalue weighted by Crippen LogP contribution is 2.18. The molecular weight excluding hydrogens is 278 g/mol. The van der Waals surface area contributed by atoms with Gasteiger partial charge in [0.25, 0.3) is 5.91 Å². The number of hydrogen-bond acceptors (Lipinski definition) is 4. The Kier molecular flexibility index (Phi) is 5.25. The standard InChI is InChI=1S/C17H19N3O2/c1-12-7-8-13(2)16(10-12)22-11-17(21)20-19-14(3)15-6-4-5-9-18-15/h4-10H,11H2,1-3H3,(H,20,21). The van der Waals surface area contributed by atoms with Gasteiger partial charge < -0.3 is 4.74 Å². The number of hydrazone groups is 1. The third kappa shape index (κ3) is 4.41. The second-order valence-corrected chi connectivity index (χ2v) is 5.00. The van der Waals surface area contributed by atoms with E-state index in [1.54, 1.807) is 13.1 Å². The molecule has 1 aromatic heterocycles. The second-order valence-electron chi connectivity index (χ2n) is 5.00. The summed E-state index contributed by atoms with van der Waals surface area (Å²) >= 11 is 0. The van der Waals surface area contributed by atoms with Gasteiger partial charge in [-0.2, -0.15) is 5.10 Å². The van der Waals surface area contributed by atoms with Crippen molar-refractivity contribution >= 4 is 11.6 Å². The molecule has 0 aliphatic rings. The Bertz CT molecular complexity index is 682. The molecule has 1 aromatic carbocycles. The number of hydrogen-bond donors (Lipinski definition) is 1. The lowest BCUT2D eigenvalue weighted by molar-refractivity contribution is -0.123. The summed E-state index contributed by atoms with van der Waals surface area (Å²) in [4.78, 5) is 15.9. The van der Waals surface area contributed by atoms with Crippen LogP contribution in [0.15, 0.2) is 47.7 Å². The van der Waals surface area contributed by atoms with Gasteiger partial charge in [-0.15, -0.1) is 0 Å². The van der Waals surface area contributed by atoms with Crippen molar-refractivity contribution in [3.8, 4) is 5.75 Å². The third-order valence-corrected chi connectivity index (χ3v) is 3.09. The van der Waals surface area contributed by atoms with Gasteiger partial charge in [0.2, 0.25) is 0 Å². The van der Waals surface area contributed by atoms with Crippen molar-refractivity contribution < 1.29 is 9.53 Å². The maximum atomic E-state index is 11.8. The van der Waals surface area contributed by atoms with Gasteiger partial charge in [0, 0.05) is 6.20 Å². The van der Waals surface area contributed by atoms with E-state index in [0.29, 0.717) is 11.5 Å². The van der Waals surface area contributed by atoms with Crippen LogP contribution in [0.5, 0.6) is 5.75 Å². The van der Waals surface area contributed by atoms with Gasteiger partial charge in [-0.3, -0.25) is 9.78 Å². The van der Waals surface area contributed by atoms with Crippen molar-refractivity contribution in [2.45, 2.75) is 20.8 Å². The molecule has 22 heavy (non-hydrogen) atoms. The van der Waals surface area contributed by atoms with Gasteiger partial charge in [-0.1, -0.05) is 18.2 Å². The van der Waals surface area contributed by atoms with Gasteiger partial charge in [0.1, 0.15) is 5.75 Å². The fourth-order valence-electron chi connectivity index (χ4n) is 1.82. The zero-order valence-corrected chi connectivity index (χ0v) is 13.0. The molecule has 0 atom stereocenters. The number of aromatic nitrogens is 1. The molecule has 0 saturated carbocycles. The Morgan fingerprint density at radius 1 is 1.27 bits per heavy atom. The average molecular weight is 297 g/mol. The van der Waals surface area contributed by atoms with Crippen LogP contribution in [-0.4, -0.2) is 23.2 Å². The van der Waals surface area contributed by atoms with E-state index in [4.69, 9.17) is 4.74 Å². The Hall–Kier alpha value is -2.69. The van der Waals surface area contributed by atoms with Crippen LogP contribution in [0, 0.1) is 13.8 Å². The first-order valence-corrected chi connectivity index (χ1v) is 7.01. The zero-order chi connectivity index (χ0) is 15.9. The lowest BCUT2D eigenvalue weighted by atomic mass is 10.1. The molecule has 114 valence electrons. The Morgan fingerprint density at radius 3 is 2.82 bits per heavy atom. The molecule has 0 radical (unpaired) electrons. The highest BCUT2D eigenvalue weighted by molar-refractivity contribution is 5.97. The van der Waals surface area contributed by atoms with E-state index in [1.807, 2.05) is 50.2 Å². The molecule has 0 aliphatic heterocycles. The van der Waals surface area contributed by atoms with Crippen molar-refractivity contribution in [1.82, 2.24) is 10.4 Å². The number of amides is 1. The third-order valence-electron chi connectivity index (χ3n) is 3.09. The van der Waals surface area contributed by atoms with E-state index in [0.717, 1.165) is 16.8 Å². The molecule has 0 unspecified atom stereocenters. The fourth-order valence-corrected chi connectivity index (χ4v) is 1.82. The lowest BCUT2D eigenvalue weighted by Gasteiger charge is -2.09. The van der Waals surface area contributed by atoms with Crippen LogP contribution in [-0.2, 0) is 4.79 Å². The molecule has 0 aliphatic carbocycles.